The second-order valence-corrected chi connectivity index (χ2v) is 9.34. The molecule has 0 aromatic carbocycles. The van der Waals surface area contributed by atoms with Crippen LogP contribution in [0.1, 0.15) is 37.8 Å². The van der Waals surface area contributed by atoms with Crippen molar-refractivity contribution in [3.63, 3.8) is 0 Å². The van der Waals surface area contributed by atoms with Crippen LogP contribution in [0, 0.1) is 24.2 Å². The Hall–Kier alpha value is -3.39. The molecule has 5 heterocycles. The summed E-state index contributed by atoms with van der Waals surface area (Å²) < 4.78 is 0. The van der Waals surface area contributed by atoms with Gasteiger partial charge in [-0.05, 0) is 32.6 Å². The normalized spacial score (nSPS) is 24.8. The summed E-state index contributed by atoms with van der Waals surface area (Å²) in [4.78, 5) is 25.5. The zero-order valence-corrected chi connectivity index (χ0v) is 18.8. The molecule has 33 heavy (non-hydrogen) atoms. The molecule has 0 saturated carbocycles. The number of aryl methyl sites for hydroxylation is 1. The van der Waals surface area contributed by atoms with Gasteiger partial charge in [-0.15, -0.1) is 0 Å². The number of nitrogens with zero attached hydrogens (tertiary/aromatic N) is 6. The number of amides is 1. The molecule has 174 valence electrons. The number of H-pyrrole nitrogens is 1. The number of nitrogens with one attached hydrogen (secondary N) is 3. The van der Waals surface area contributed by atoms with E-state index in [4.69, 9.17) is 21.0 Å². The van der Waals surface area contributed by atoms with Gasteiger partial charge >= 0.3 is 0 Å². The van der Waals surface area contributed by atoms with Crippen LogP contribution < -0.4 is 21.3 Å². The van der Waals surface area contributed by atoms with Crippen LogP contribution in [-0.2, 0) is 4.79 Å². The van der Waals surface area contributed by atoms with Gasteiger partial charge in [-0.25, -0.2) is 0 Å². The van der Waals surface area contributed by atoms with E-state index in [1.165, 1.54) is 12.8 Å². The van der Waals surface area contributed by atoms with Crippen molar-refractivity contribution in [3.05, 3.63) is 17.8 Å². The Morgan fingerprint density at radius 1 is 1.24 bits per heavy atom. The summed E-state index contributed by atoms with van der Waals surface area (Å²) in [6.07, 6.45) is 4.99. The Balaban J connectivity index is 1.32. The first-order valence-electron chi connectivity index (χ1n) is 11.6. The van der Waals surface area contributed by atoms with Gasteiger partial charge in [0, 0.05) is 62.0 Å². The Morgan fingerprint density at radius 2 is 2.00 bits per heavy atom. The van der Waals surface area contributed by atoms with E-state index >= 15 is 0 Å². The summed E-state index contributed by atoms with van der Waals surface area (Å²) in [5, 5.41) is 22.9. The molecular formula is C22H30N10O. The highest BCUT2D eigenvalue weighted by atomic mass is 16.1. The zero-order chi connectivity index (χ0) is 22.9. The number of nitriles is 1. The van der Waals surface area contributed by atoms with Gasteiger partial charge in [0.2, 0.25) is 11.9 Å². The number of aromatic nitrogens is 4. The third-order valence-corrected chi connectivity index (χ3v) is 6.98. The molecule has 0 aliphatic carbocycles. The predicted molar refractivity (Wildman–Crippen MR) is 124 cm³/mol. The van der Waals surface area contributed by atoms with Crippen molar-refractivity contribution in [2.75, 3.05) is 35.2 Å². The molecule has 2 bridgehead atoms. The Bertz CT molecular complexity index is 1040. The van der Waals surface area contributed by atoms with Gasteiger partial charge in [-0.2, -0.15) is 20.3 Å². The van der Waals surface area contributed by atoms with Gasteiger partial charge in [-0.1, -0.05) is 0 Å². The molecule has 5 N–H and O–H groups in total. The molecule has 3 aliphatic rings. The van der Waals surface area contributed by atoms with Gasteiger partial charge < -0.3 is 21.3 Å². The van der Waals surface area contributed by atoms with Crippen molar-refractivity contribution in [2.45, 2.75) is 57.2 Å². The van der Waals surface area contributed by atoms with Crippen molar-refractivity contribution in [1.29, 1.82) is 5.26 Å². The summed E-state index contributed by atoms with van der Waals surface area (Å²) >= 11 is 0. The molecule has 0 spiro atoms. The lowest BCUT2D eigenvalue weighted by atomic mass is 9.97. The van der Waals surface area contributed by atoms with E-state index in [2.05, 4.69) is 31.8 Å². The molecule has 3 aliphatic heterocycles. The minimum atomic E-state index is -0.275. The standard InChI is InChI=1S/C22H30N10O/c1-13-7-19(30-29-13)26-18-10-20(31-11-14(12-31)21(24)33)28-22(27-18)25-15-8-16-3-4-17(9-15)32(16)6-2-5-23/h7,10,14-17H,2-4,6,8-9,11-12H2,1H3,(H2,24,33)(H3,25,26,27,28,29,30)/t15?,16-,17+. The van der Waals surface area contributed by atoms with E-state index in [-0.39, 0.29) is 17.9 Å². The Kier molecular flexibility index (Phi) is 5.76. The second-order valence-electron chi connectivity index (χ2n) is 9.34. The van der Waals surface area contributed by atoms with Crippen molar-refractivity contribution in [2.24, 2.45) is 11.7 Å². The summed E-state index contributed by atoms with van der Waals surface area (Å²) in [6.45, 7) is 3.93. The smallest absolute Gasteiger partial charge is 0.226 e. The summed E-state index contributed by atoms with van der Waals surface area (Å²) in [6, 6.07) is 7.36. The largest absolute Gasteiger partial charge is 0.369 e. The maximum atomic E-state index is 11.5. The van der Waals surface area contributed by atoms with E-state index in [1.807, 2.05) is 24.0 Å². The third-order valence-electron chi connectivity index (χ3n) is 6.98. The van der Waals surface area contributed by atoms with E-state index < -0.39 is 0 Å². The molecule has 1 amide bonds. The number of piperidine rings is 1. The number of hydrogen-bond donors (Lipinski definition) is 4. The van der Waals surface area contributed by atoms with Crippen molar-refractivity contribution in [1.82, 2.24) is 25.1 Å². The number of hydrogen-bond acceptors (Lipinski definition) is 9. The summed E-state index contributed by atoms with van der Waals surface area (Å²) in [7, 11) is 0. The second kappa shape index (κ2) is 8.86. The summed E-state index contributed by atoms with van der Waals surface area (Å²) in [5.41, 5.74) is 6.40. The predicted octanol–water partition coefficient (Wildman–Crippen LogP) is 1.49. The molecule has 2 aromatic rings. The topological polar surface area (TPSA) is 152 Å². The quantitative estimate of drug-likeness (QED) is 0.469. The lowest BCUT2D eigenvalue weighted by molar-refractivity contribution is -0.122. The highest BCUT2D eigenvalue weighted by Crippen LogP contribution is 2.37. The highest BCUT2D eigenvalue weighted by Gasteiger charge is 2.40. The van der Waals surface area contributed by atoms with Gasteiger partial charge in [-0.3, -0.25) is 14.8 Å². The maximum absolute atomic E-state index is 11.5. The average Bonchev–Trinajstić information content (AvgIpc) is 3.24. The van der Waals surface area contributed by atoms with Gasteiger partial charge in [0.05, 0.1) is 12.0 Å². The van der Waals surface area contributed by atoms with E-state index in [0.717, 1.165) is 30.9 Å². The fourth-order valence-electron chi connectivity index (χ4n) is 5.30. The first-order valence-corrected chi connectivity index (χ1v) is 11.6. The van der Waals surface area contributed by atoms with Crippen LogP contribution in [0.2, 0.25) is 0 Å². The first kappa shape index (κ1) is 21.5. The molecular weight excluding hydrogens is 420 g/mol. The monoisotopic (exact) mass is 450 g/mol. The zero-order valence-electron chi connectivity index (χ0n) is 18.8. The van der Waals surface area contributed by atoms with Crippen molar-refractivity contribution < 1.29 is 4.79 Å². The van der Waals surface area contributed by atoms with Crippen molar-refractivity contribution >= 4 is 29.3 Å². The molecule has 5 rings (SSSR count). The fraction of sp³-hybridized carbons (Fsp3) is 0.591. The fourth-order valence-corrected chi connectivity index (χ4v) is 5.30. The number of rotatable bonds is 8. The maximum Gasteiger partial charge on any atom is 0.226 e. The molecule has 1 unspecified atom stereocenters. The number of aromatic amines is 1. The van der Waals surface area contributed by atoms with Crippen LogP contribution >= 0.6 is 0 Å². The van der Waals surface area contributed by atoms with E-state index in [0.29, 0.717) is 49.2 Å². The minimum Gasteiger partial charge on any atom is -0.369 e. The van der Waals surface area contributed by atoms with Crippen LogP contribution in [0.4, 0.5) is 23.4 Å². The lowest BCUT2D eigenvalue weighted by Gasteiger charge is -2.39. The Morgan fingerprint density at radius 3 is 2.64 bits per heavy atom. The SMILES string of the molecule is Cc1cc(Nc2cc(N3CC(C(N)=O)C3)nc(NC3C[C@H]4CC[C@@H](C3)N4CCC#N)n2)n[nH]1. The molecule has 11 heteroatoms. The van der Waals surface area contributed by atoms with E-state index in [1.54, 1.807) is 0 Å². The molecule has 0 radical (unpaired) electrons. The number of primary amides is 1. The minimum absolute atomic E-state index is 0.143. The van der Waals surface area contributed by atoms with Crippen LogP contribution in [0.15, 0.2) is 12.1 Å². The van der Waals surface area contributed by atoms with Crippen LogP contribution in [0.3, 0.4) is 0 Å². The number of fused-ring (bicyclic) bond motifs is 2. The molecule has 3 fully saturated rings. The molecule has 3 atom stereocenters. The van der Waals surface area contributed by atoms with Crippen LogP contribution in [0.5, 0.6) is 0 Å². The van der Waals surface area contributed by atoms with Crippen LogP contribution in [0.25, 0.3) is 0 Å². The summed E-state index contributed by atoms with van der Waals surface area (Å²) in [5.74, 6) is 2.24. The van der Waals surface area contributed by atoms with Crippen LogP contribution in [-0.4, -0.2) is 68.7 Å². The number of carbonyl (C=O) groups is 1. The Labute approximate surface area is 192 Å². The lowest BCUT2D eigenvalue weighted by Crippen LogP contribution is -2.53. The third kappa shape index (κ3) is 4.57. The van der Waals surface area contributed by atoms with Crippen molar-refractivity contribution in [3.8, 4) is 6.07 Å². The number of carbonyl (C=O) groups excluding carboxylic acids is 1. The van der Waals surface area contributed by atoms with E-state index in [9.17, 15) is 4.79 Å². The van der Waals surface area contributed by atoms with Gasteiger partial charge in [0.15, 0.2) is 5.82 Å². The number of nitrogens with two attached hydrogens (primary N) is 1. The average molecular weight is 451 g/mol. The molecule has 3 saturated heterocycles. The first-order chi connectivity index (χ1) is 16.0. The van der Waals surface area contributed by atoms with Gasteiger partial charge in [0.1, 0.15) is 11.6 Å². The van der Waals surface area contributed by atoms with Gasteiger partial charge in [0.25, 0.3) is 0 Å². The highest BCUT2D eigenvalue weighted by molar-refractivity contribution is 5.80. The number of anilines is 4. The molecule has 11 nitrogen and oxygen atoms in total. The molecule has 2 aromatic heterocycles.